The highest BCUT2D eigenvalue weighted by atomic mass is 16.5. The summed E-state index contributed by atoms with van der Waals surface area (Å²) in [6.07, 6.45) is 0. The summed E-state index contributed by atoms with van der Waals surface area (Å²) in [4.78, 5) is 14.1. The van der Waals surface area contributed by atoms with Gasteiger partial charge in [-0.15, -0.1) is 0 Å². The molecule has 0 aromatic carbocycles. The molecule has 0 amide bonds. The number of anilines is 2. The quantitative estimate of drug-likeness (QED) is 0.735. The number of hydrogen-bond donors (Lipinski definition) is 2. The standard InChI is InChI=1S/C10H20N6O/c1-5-17-10-14-8(11)13-9(15-10)12-7(2)6-16(3)4/h7H,5-6H2,1-4H3,(H3,11,12,13,14,15). The Kier molecular flexibility index (Phi) is 4.89. The van der Waals surface area contributed by atoms with E-state index in [2.05, 4.69) is 25.2 Å². The van der Waals surface area contributed by atoms with Crippen LogP contribution >= 0.6 is 0 Å². The lowest BCUT2D eigenvalue weighted by Crippen LogP contribution is -2.30. The Labute approximate surface area is 101 Å². The molecule has 0 saturated carbocycles. The highest BCUT2D eigenvalue weighted by Crippen LogP contribution is 2.09. The molecule has 1 aromatic rings. The maximum absolute atomic E-state index is 5.57. The number of aromatic nitrogens is 3. The molecule has 17 heavy (non-hydrogen) atoms. The van der Waals surface area contributed by atoms with Crippen LogP contribution in [0.25, 0.3) is 0 Å². The van der Waals surface area contributed by atoms with Gasteiger partial charge in [-0.05, 0) is 27.9 Å². The number of ether oxygens (including phenoxy) is 1. The van der Waals surface area contributed by atoms with E-state index in [4.69, 9.17) is 10.5 Å². The molecule has 1 atom stereocenters. The van der Waals surface area contributed by atoms with Crippen molar-refractivity contribution in [1.29, 1.82) is 0 Å². The van der Waals surface area contributed by atoms with Gasteiger partial charge in [0.05, 0.1) is 6.61 Å². The molecule has 1 heterocycles. The van der Waals surface area contributed by atoms with Gasteiger partial charge in [0.25, 0.3) is 0 Å². The van der Waals surface area contributed by atoms with E-state index in [1.807, 2.05) is 27.9 Å². The van der Waals surface area contributed by atoms with Crippen molar-refractivity contribution in [2.24, 2.45) is 0 Å². The van der Waals surface area contributed by atoms with Crippen molar-refractivity contribution >= 4 is 11.9 Å². The van der Waals surface area contributed by atoms with Gasteiger partial charge in [0.2, 0.25) is 11.9 Å². The molecule has 1 aromatic heterocycles. The fourth-order valence-corrected chi connectivity index (χ4v) is 1.44. The van der Waals surface area contributed by atoms with E-state index in [-0.39, 0.29) is 18.0 Å². The number of likely N-dealkylation sites (N-methyl/N-ethyl adjacent to an activating group) is 1. The van der Waals surface area contributed by atoms with Crippen LogP contribution in [0.5, 0.6) is 6.01 Å². The molecule has 0 aliphatic heterocycles. The van der Waals surface area contributed by atoms with Gasteiger partial charge in [0.15, 0.2) is 0 Å². The SMILES string of the molecule is CCOc1nc(N)nc(NC(C)CN(C)C)n1. The zero-order valence-electron chi connectivity index (χ0n) is 10.8. The van der Waals surface area contributed by atoms with Crippen LogP contribution in [0.1, 0.15) is 13.8 Å². The molecule has 1 rings (SSSR count). The summed E-state index contributed by atoms with van der Waals surface area (Å²) < 4.78 is 5.20. The number of nitrogen functional groups attached to an aromatic ring is 1. The van der Waals surface area contributed by atoms with Crippen LogP contribution in [0.3, 0.4) is 0 Å². The monoisotopic (exact) mass is 240 g/mol. The van der Waals surface area contributed by atoms with Gasteiger partial charge in [-0.1, -0.05) is 0 Å². The average molecular weight is 240 g/mol. The van der Waals surface area contributed by atoms with E-state index in [1.54, 1.807) is 0 Å². The summed E-state index contributed by atoms with van der Waals surface area (Å²) in [5, 5.41) is 3.15. The van der Waals surface area contributed by atoms with Crippen molar-refractivity contribution in [3.8, 4) is 6.01 Å². The number of hydrogen-bond acceptors (Lipinski definition) is 7. The molecule has 0 saturated heterocycles. The maximum Gasteiger partial charge on any atom is 0.323 e. The van der Waals surface area contributed by atoms with Gasteiger partial charge < -0.3 is 20.7 Å². The van der Waals surface area contributed by atoms with Gasteiger partial charge in [-0.25, -0.2) is 0 Å². The van der Waals surface area contributed by atoms with E-state index in [0.29, 0.717) is 12.6 Å². The molecule has 0 fully saturated rings. The second-order valence-corrected chi connectivity index (χ2v) is 4.04. The molecule has 7 nitrogen and oxygen atoms in total. The fourth-order valence-electron chi connectivity index (χ4n) is 1.44. The molecule has 96 valence electrons. The summed E-state index contributed by atoms with van der Waals surface area (Å²) in [7, 11) is 4.01. The van der Waals surface area contributed by atoms with E-state index < -0.39 is 0 Å². The van der Waals surface area contributed by atoms with Crippen LogP contribution < -0.4 is 15.8 Å². The van der Waals surface area contributed by atoms with Crippen LogP contribution in [0, 0.1) is 0 Å². The minimum absolute atomic E-state index is 0.156. The third kappa shape index (κ3) is 4.81. The first-order chi connectivity index (χ1) is 8.01. The Balaban J connectivity index is 2.69. The normalized spacial score (nSPS) is 12.5. The zero-order valence-corrected chi connectivity index (χ0v) is 10.8. The lowest BCUT2D eigenvalue weighted by Gasteiger charge is -2.18. The van der Waals surface area contributed by atoms with Crippen LogP contribution in [0.4, 0.5) is 11.9 Å². The Bertz CT molecular complexity index is 357. The van der Waals surface area contributed by atoms with E-state index in [9.17, 15) is 0 Å². The molecule has 0 aliphatic carbocycles. The number of rotatable bonds is 6. The average Bonchev–Trinajstić information content (AvgIpc) is 2.14. The molecule has 0 aliphatic rings. The molecule has 0 spiro atoms. The molecule has 3 N–H and O–H groups in total. The van der Waals surface area contributed by atoms with Gasteiger partial charge in [-0.2, -0.15) is 15.0 Å². The second-order valence-electron chi connectivity index (χ2n) is 4.04. The number of nitrogens with one attached hydrogen (secondary N) is 1. The van der Waals surface area contributed by atoms with Crippen LogP contribution in [-0.4, -0.2) is 53.1 Å². The Hall–Kier alpha value is -1.63. The van der Waals surface area contributed by atoms with Gasteiger partial charge in [-0.3, -0.25) is 0 Å². The van der Waals surface area contributed by atoms with Crippen LogP contribution in [0.15, 0.2) is 0 Å². The van der Waals surface area contributed by atoms with Crippen molar-refractivity contribution < 1.29 is 4.74 Å². The molecule has 7 heteroatoms. The van der Waals surface area contributed by atoms with Crippen molar-refractivity contribution in [3.63, 3.8) is 0 Å². The lowest BCUT2D eigenvalue weighted by atomic mass is 10.3. The van der Waals surface area contributed by atoms with Crippen molar-refractivity contribution in [1.82, 2.24) is 19.9 Å². The van der Waals surface area contributed by atoms with E-state index in [1.165, 1.54) is 0 Å². The second kappa shape index (κ2) is 6.19. The highest BCUT2D eigenvalue weighted by molar-refractivity contribution is 5.33. The molecular weight excluding hydrogens is 220 g/mol. The summed E-state index contributed by atoms with van der Waals surface area (Å²) in [6.45, 7) is 5.27. The number of nitrogens with two attached hydrogens (primary N) is 1. The topological polar surface area (TPSA) is 89.2 Å². The summed E-state index contributed by atoms with van der Waals surface area (Å²) in [5.74, 6) is 0.596. The predicted octanol–water partition coefficient (Wildman–Crippen LogP) is 0.215. The van der Waals surface area contributed by atoms with Gasteiger partial charge in [0.1, 0.15) is 0 Å². The van der Waals surface area contributed by atoms with Crippen LogP contribution in [0.2, 0.25) is 0 Å². The first-order valence-corrected chi connectivity index (χ1v) is 5.57. The van der Waals surface area contributed by atoms with E-state index >= 15 is 0 Å². The fraction of sp³-hybridized carbons (Fsp3) is 0.700. The summed E-state index contributed by atoms with van der Waals surface area (Å²) in [5.41, 5.74) is 5.57. The Morgan fingerprint density at radius 3 is 2.65 bits per heavy atom. The highest BCUT2D eigenvalue weighted by Gasteiger charge is 2.08. The number of nitrogens with zero attached hydrogens (tertiary/aromatic N) is 4. The molecule has 0 radical (unpaired) electrons. The molecule has 0 bridgehead atoms. The van der Waals surface area contributed by atoms with Crippen LogP contribution in [-0.2, 0) is 0 Å². The van der Waals surface area contributed by atoms with E-state index in [0.717, 1.165) is 6.54 Å². The third-order valence-electron chi connectivity index (χ3n) is 1.92. The van der Waals surface area contributed by atoms with Crippen molar-refractivity contribution in [3.05, 3.63) is 0 Å². The largest absolute Gasteiger partial charge is 0.464 e. The Morgan fingerprint density at radius 2 is 2.06 bits per heavy atom. The molecular formula is C10H20N6O. The Morgan fingerprint density at radius 1 is 1.35 bits per heavy atom. The predicted molar refractivity (Wildman–Crippen MR) is 67.0 cm³/mol. The summed E-state index contributed by atoms with van der Waals surface area (Å²) in [6, 6.07) is 0.459. The minimum Gasteiger partial charge on any atom is -0.464 e. The zero-order chi connectivity index (χ0) is 12.8. The van der Waals surface area contributed by atoms with Crippen molar-refractivity contribution in [2.45, 2.75) is 19.9 Å². The van der Waals surface area contributed by atoms with Gasteiger partial charge >= 0.3 is 6.01 Å². The van der Waals surface area contributed by atoms with Crippen molar-refractivity contribution in [2.75, 3.05) is 38.3 Å². The lowest BCUT2D eigenvalue weighted by molar-refractivity contribution is 0.312. The first kappa shape index (κ1) is 13.4. The maximum atomic E-state index is 5.57. The smallest absolute Gasteiger partial charge is 0.323 e. The summed E-state index contributed by atoms with van der Waals surface area (Å²) >= 11 is 0. The minimum atomic E-state index is 0.156. The van der Waals surface area contributed by atoms with Gasteiger partial charge in [0, 0.05) is 12.6 Å². The molecule has 1 unspecified atom stereocenters. The third-order valence-corrected chi connectivity index (χ3v) is 1.92. The first-order valence-electron chi connectivity index (χ1n) is 5.57.